The van der Waals surface area contributed by atoms with Crippen LogP contribution in [0, 0.1) is 23.2 Å². The van der Waals surface area contributed by atoms with Crippen molar-refractivity contribution in [2.45, 2.75) is 32.7 Å². The third-order valence-corrected chi connectivity index (χ3v) is 3.71. The number of nitrogens with zero attached hydrogens (tertiary/aromatic N) is 2. The zero-order valence-electron chi connectivity index (χ0n) is 10.3. The second-order valence-corrected chi connectivity index (χ2v) is 4.96. The molecule has 0 bridgehead atoms. The van der Waals surface area contributed by atoms with E-state index in [0.29, 0.717) is 5.69 Å². The Hall–Kier alpha value is -1.40. The van der Waals surface area contributed by atoms with E-state index in [2.05, 4.69) is 23.3 Å². The number of nitrogens with one attached hydrogen (secondary N) is 1. The monoisotopic (exact) mass is 229 g/mol. The van der Waals surface area contributed by atoms with E-state index in [-0.39, 0.29) is 0 Å². The quantitative estimate of drug-likeness (QED) is 0.863. The number of hydrogen-bond acceptors (Lipinski definition) is 3. The smallest absolute Gasteiger partial charge is 0.140 e. The van der Waals surface area contributed by atoms with E-state index in [1.807, 2.05) is 12.1 Å². The Labute approximate surface area is 103 Å². The Balaban J connectivity index is 1.80. The van der Waals surface area contributed by atoms with Crippen LogP contribution < -0.4 is 5.32 Å². The highest BCUT2D eigenvalue weighted by atomic mass is 14.9. The Morgan fingerprint density at radius 2 is 2.41 bits per heavy atom. The minimum atomic E-state index is 0.499. The van der Waals surface area contributed by atoms with E-state index in [1.165, 1.54) is 19.3 Å². The van der Waals surface area contributed by atoms with Crippen LogP contribution in [0.1, 0.15) is 37.4 Å². The highest BCUT2D eigenvalue weighted by molar-refractivity contribution is 5.25. The molecule has 1 heterocycles. The molecule has 0 spiro atoms. The standard InChI is InChI=1S/C14H19N3/c1-11-3-2-4-13(11)10-16-9-12-5-6-17-14(7-12)8-15/h5-7,11,13,16H,2-4,9-10H2,1H3. The maximum atomic E-state index is 8.76. The second kappa shape index (κ2) is 5.79. The molecule has 1 fully saturated rings. The number of pyridine rings is 1. The molecule has 1 aliphatic rings. The van der Waals surface area contributed by atoms with Gasteiger partial charge in [0.1, 0.15) is 11.8 Å². The topological polar surface area (TPSA) is 48.7 Å². The molecule has 0 saturated heterocycles. The fourth-order valence-electron chi connectivity index (χ4n) is 2.57. The van der Waals surface area contributed by atoms with Gasteiger partial charge in [-0.1, -0.05) is 19.8 Å². The first-order valence-electron chi connectivity index (χ1n) is 6.35. The van der Waals surface area contributed by atoms with E-state index in [4.69, 9.17) is 5.26 Å². The van der Waals surface area contributed by atoms with Crippen molar-refractivity contribution in [2.75, 3.05) is 6.54 Å². The summed E-state index contributed by atoms with van der Waals surface area (Å²) in [6.07, 6.45) is 5.81. The molecule has 3 heteroatoms. The molecule has 1 aromatic rings. The lowest BCUT2D eigenvalue weighted by Crippen LogP contribution is -2.24. The number of nitriles is 1. The van der Waals surface area contributed by atoms with E-state index < -0.39 is 0 Å². The van der Waals surface area contributed by atoms with Gasteiger partial charge in [-0.05, 0) is 42.5 Å². The van der Waals surface area contributed by atoms with Gasteiger partial charge in [0.15, 0.2) is 0 Å². The molecule has 2 unspecified atom stereocenters. The van der Waals surface area contributed by atoms with Crippen molar-refractivity contribution in [3.05, 3.63) is 29.6 Å². The summed E-state index contributed by atoms with van der Waals surface area (Å²) in [5, 5.41) is 12.3. The van der Waals surface area contributed by atoms with Crippen LogP contribution in [0.3, 0.4) is 0 Å². The SMILES string of the molecule is CC1CCCC1CNCc1ccnc(C#N)c1. The van der Waals surface area contributed by atoms with Crippen LogP contribution in [0.15, 0.2) is 18.3 Å². The average molecular weight is 229 g/mol. The summed E-state index contributed by atoms with van der Waals surface area (Å²) in [6.45, 7) is 4.27. The summed E-state index contributed by atoms with van der Waals surface area (Å²) in [5.41, 5.74) is 1.64. The highest BCUT2D eigenvalue weighted by Gasteiger charge is 2.22. The second-order valence-electron chi connectivity index (χ2n) is 4.96. The van der Waals surface area contributed by atoms with Gasteiger partial charge in [0.25, 0.3) is 0 Å². The minimum absolute atomic E-state index is 0.499. The molecule has 90 valence electrons. The van der Waals surface area contributed by atoms with Crippen LogP contribution in [0.25, 0.3) is 0 Å². The lowest BCUT2D eigenvalue weighted by Gasteiger charge is -2.15. The Morgan fingerprint density at radius 1 is 1.53 bits per heavy atom. The van der Waals surface area contributed by atoms with Gasteiger partial charge in [-0.25, -0.2) is 4.98 Å². The van der Waals surface area contributed by atoms with Crippen LogP contribution in [-0.4, -0.2) is 11.5 Å². The largest absolute Gasteiger partial charge is 0.312 e. The average Bonchev–Trinajstić information content (AvgIpc) is 2.76. The van der Waals surface area contributed by atoms with E-state index in [9.17, 15) is 0 Å². The molecule has 0 amide bonds. The Kier molecular flexibility index (Phi) is 4.11. The third-order valence-electron chi connectivity index (χ3n) is 3.71. The number of aromatic nitrogens is 1. The van der Waals surface area contributed by atoms with Gasteiger partial charge in [0, 0.05) is 12.7 Å². The molecule has 1 N–H and O–H groups in total. The summed E-state index contributed by atoms with van der Waals surface area (Å²) >= 11 is 0. The van der Waals surface area contributed by atoms with Gasteiger partial charge in [-0.3, -0.25) is 0 Å². The molecular weight excluding hydrogens is 210 g/mol. The predicted octanol–water partition coefficient (Wildman–Crippen LogP) is 2.48. The molecule has 1 aliphatic carbocycles. The minimum Gasteiger partial charge on any atom is -0.312 e. The Bertz CT molecular complexity index is 408. The normalized spacial score (nSPS) is 23.5. The first-order chi connectivity index (χ1) is 8.29. The van der Waals surface area contributed by atoms with Gasteiger partial charge >= 0.3 is 0 Å². The zero-order chi connectivity index (χ0) is 12.1. The summed E-state index contributed by atoms with van der Waals surface area (Å²) in [6, 6.07) is 5.88. The van der Waals surface area contributed by atoms with Crippen LogP contribution >= 0.6 is 0 Å². The van der Waals surface area contributed by atoms with Gasteiger partial charge in [0.2, 0.25) is 0 Å². The van der Waals surface area contributed by atoms with Gasteiger partial charge in [0.05, 0.1) is 0 Å². The first-order valence-corrected chi connectivity index (χ1v) is 6.35. The number of rotatable bonds is 4. The van der Waals surface area contributed by atoms with Crippen molar-refractivity contribution in [1.82, 2.24) is 10.3 Å². The molecule has 0 aliphatic heterocycles. The molecule has 1 aromatic heterocycles. The lowest BCUT2D eigenvalue weighted by molar-refractivity contribution is 0.392. The van der Waals surface area contributed by atoms with Crippen molar-refractivity contribution in [3.8, 4) is 6.07 Å². The molecule has 2 atom stereocenters. The first kappa shape index (κ1) is 12.1. The van der Waals surface area contributed by atoms with Crippen molar-refractivity contribution in [1.29, 1.82) is 5.26 Å². The summed E-state index contributed by atoms with van der Waals surface area (Å²) in [7, 11) is 0. The maximum Gasteiger partial charge on any atom is 0.140 e. The van der Waals surface area contributed by atoms with Crippen molar-refractivity contribution >= 4 is 0 Å². The molecule has 1 saturated carbocycles. The van der Waals surface area contributed by atoms with Crippen molar-refractivity contribution in [2.24, 2.45) is 11.8 Å². The van der Waals surface area contributed by atoms with Crippen LogP contribution in [-0.2, 0) is 6.54 Å². The van der Waals surface area contributed by atoms with E-state index >= 15 is 0 Å². The lowest BCUT2D eigenvalue weighted by atomic mass is 9.98. The molecule has 3 nitrogen and oxygen atoms in total. The molecule has 2 rings (SSSR count). The molecule has 0 aromatic carbocycles. The number of hydrogen-bond donors (Lipinski definition) is 1. The van der Waals surface area contributed by atoms with Crippen LogP contribution in [0.5, 0.6) is 0 Å². The fourth-order valence-corrected chi connectivity index (χ4v) is 2.57. The van der Waals surface area contributed by atoms with Gasteiger partial charge < -0.3 is 5.32 Å². The van der Waals surface area contributed by atoms with Crippen LogP contribution in [0.2, 0.25) is 0 Å². The fraction of sp³-hybridized carbons (Fsp3) is 0.571. The summed E-state index contributed by atoms with van der Waals surface area (Å²) in [5.74, 6) is 1.68. The van der Waals surface area contributed by atoms with E-state index in [1.54, 1.807) is 6.20 Å². The third kappa shape index (κ3) is 3.28. The van der Waals surface area contributed by atoms with Crippen molar-refractivity contribution in [3.63, 3.8) is 0 Å². The predicted molar refractivity (Wildman–Crippen MR) is 67.2 cm³/mol. The van der Waals surface area contributed by atoms with Gasteiger partial charge in [-0.15, -0.1) is 0 Å². The molecular formula is C14H19N3. The van der Waals surface area contributed by atoms with Crippen LogP contribution in [0.4, 0.5) is 0 Å². The summed E-state index contributed by atoms with van der Waals surface area (Å²) < 4.78 is 0. The Morgan fingerprint density at radius 3 is 3.12 bits per heavy atom. The van der Waals surface area contributed by atoms with Gasteiger partial charge in [-0.2, -0.15) is 5.26 Å². The maximum absolute atomic E-state index is 8.76. The van der Waals surface area contributed by atoms with E-state index in [0.717, 1.165) is 30.5 Å². The van der Waals surface area contributed by atoms with Crippen molar-refractivity contribution < 1.29 is 0 Å². The highest BCUT2D eigenvalue weighted by Crippen LogP contribution is 2.30. The molecule has 17 heavy (non-hydrogen) atoms. The molecule has 0 radical (unpaired) electrons. The zero-order valence-corrected chi connectivity index (χ0v) is 10.3. The summed E-state index contributed by atoms with van der Waals surface area (Å²) in [4.78, 5) is 3.97.